The Hall–Kier alpha value is -3.35. The molecule has 0 aliphatic carbocycles. The summed E-state index contributed by atoms with van der Waals surface area (Å²) < 4.78 is 10.5. The fraction of sp³-hybridized carbons (Fsp3) is 0.318. The largest absolute Gasteiger partial charge is 0.497 e. The minimum atomic E-state index is -0.634. The Morgan fingerprint density at radius 2 is 1.66 bits per heavy atom. The molecule has 1 N–H and O–H groups in total. The lowest BCUT2D eigenvalue weighted by Gasteiger charge is -2.37. The number of piperidine rings is 1. The second-order valence-electron chi connectivity index (χ2n) is 7.21. The number of nitrogens with zero attached hydrogens (tertiary/aromatic N) is 2. The minimum absolute atomic E-state index is 0.0892. The first kappa shape index (κ1) is 19.0. The molecule has 2 aromatic rings. The Balaban J connectivity index is 1.49. The standard InChI is InChI=1S/C22H23N3O4/c1-28-17-12-16(13-18(14-17)29-2)21(27)25-10-8-22(9-11-25)23-19(20(26)24-22)15-6-4-3-5-7-15/h3-7,12-14H,8-11H2,1-2H3,(H,24,26). The van der Waals surface area contributed by atoms with Crippen LogP contribution in [0.5, 0.6) is 11.5 Å². The molecule has 1 saturated heterocycles. The SMILES string of the molecule is COc1cc(OC)cc(C(=O)N2CCC3(CC2)N=C(c2ccccc2)C(=O)N3)c1. The minimum Gasteiger partial charge on any atom is -0.497 e. The summed E-state index contributed by atoms with van der Waals surface area (Å²) in [7, 11) is 3.11. The zero-order chi connectivity index (χ0) is 20.4. The number of hydrogen-bond donors (Lipinski definition) is 1. The molecule has 0 unspecified atom stereocenters. The molecule has 29 heavy (non-hydrogen) atoms. The van der Waals surface area contributed by atoms with Crippen LogP contribution >= 0.6 is 0 Å². The van der Waals surface area contributed by atoms with E-state index < -0.39 is 5.66 Å². The number of ether oxygens (including phenoxy) is 2. The lowest BCUT2D eigenvalue weighted by atomic mass is 9.97. The molecule has 1 spiro atoms. The van der Waals surface area contributed by atoms with Crippen LogP contribution in [0.25, 0.3) is 0 Å². The summed E-state index contributed by atoms with van der Waals surface area (Å²) in [6.07, 6.45) is 1.14. The predicted molar refractivity (Wildman–Crippen MR) is 109 cm³/mol. The number of benzene rings is 2. The molecule has 2 aliphatic heterocycles. The van der Waals surface area contributed by atoms with Crippen molar-refractivity contribution in [3.63, 3.8) is 0 Å². The molecule has 7 nitrogen and oxygen atoms in total. The molecule has 0 bridgehead atoms. The maximum Gasteiger partial charge on any atom is 0.272 e. The van der Waals surface area contributed by atoms with Gasteiger partial charge in [-0.3, -0.25) is 14.6 Å². The van der Waals surface area contributed by atoms with Gasteiger partial charge >= 0.3 is 0 Å². The molecule has 1 fully saturated rings. The van der Waals surface area contributed by atoms with Gasteiger partial charge in [-0.05, 0) is 12.1 Å². The predicted octanol–water partition coefficient (Wildman–Crippen LogP) is 2.26. The number of aliphatic imine (C=N–C) groups is 1. The van der Waals surface area contributed by atoms with Gasteiger partial charge in [0.2, 0.25) is 0 Å². The van der Waals surface area contributed by atoms with Crippen LogP contribution in [0.2, 0.25) is 0 Å². The third-order valence-corrected chi connectivity index (χ3v) is 5.41. The smallest absolute Gasteiger partial charge is 0.272 e. The summed E-state index contributed by atoms with van der Waals surface area (Å²) in [5, 5.41) is 3.03. The fourth-order valence-electron chi connectivity index (χ4n) is 3.78. The van der Waals surface area contributed by atoms with Crippen LogP contribution in [-0.4, -0.2) is 55.4 Å². The molecule has 0 atom stereocenters. The van der Waals surface area contributed by atoms with E-state index in [1.807, 2.05) is 30.3 Å². The van der Waals surface area contributed by atoms with Crippen molar-refractivity contribution in [1.29, 1.82) is 0 Å². The summed E-state index contributed by atoms with van der Waals surface area (Å²) in [5.74, 6) is 0.893. The van der Waals surface area contributed by atoms with Crippen LogP contribution in [-0.2, 0) is 4.79 Å². The van der Waals surface area contributed by atoms with E-state index in [2.05, 4.69) is 5.32 Å². The first-order valence-corrected chi connectivity index (χ1v) is 9.54. The van der Waals surface area contributed by atoms with Gasteiger partial charge < -0.3 is 19.7 Å². The highest BCUT2D eigenvalue weighted by molar-refractivity contribution is 6.46. The Labute approximate surface area is 169 Å². The molecule has 2 heterocycles. The molecule has 150 valence electrons. The second-order valence-corrected chi connectivity index (χ2v) is 7.21. The van der Waals surface area contributed by atoms with E-state index in [-0.39, 0.29) is 11.8 Å². The van der Waals surface area contributed by atoms with Crippen LogP contribution in [0.4, 0.5) is 0 Å². The number of carbonyl (C=O) groups is 2. The third kappa shape index (κ3) is 3.68. The molecule has 0 radical (unpaired) electrons. The molecular weight excluding hydrogens is 370 g/mol. The topological polar surface area (TPSA) is 80.2 Å². The molecule has 2 amide bonds. The van der Waals surface area contributed by atoms with E-state index in [4.69, 9.17) is 14.5 Å². The first-order chi connectivity index (χ1) is 14.0. The number of amides is 2. The highest BCUT2D eigenvalue weighted by Crippen LogP contribution is 2.30. The van der Waals surface area contributed by atoms with E-state index in [9.17, 15) is 9.59 Å². The van der Waals surface area contributed by atoms with Crippen molar-refractivity contribution in [2.24, 2.45) is 4.99 Å². The van der Waals surface area contributed by atoms with Crippen LogP contribution in [0, 0.1) is 0 Å². The van der Waals surface area contributed by atoms with Gasteiger partial charge in [0.1, 0.15) is 22.9 Å². The zero-order valence-electron chi connectivity index (χ0n) is 16.5. The van der Waals surface area contributed by atoms with Gasteiger partial charge in [-0.25, -0.2) is 0 Å². The molecule has 0 saturated carbocycles. The van der Waals surface area contributed by atoms with E-state index in [0.29, 0.717) is 48.7 Å². The first-order valence-electron chi connectivity index (χ1n) is 9.54. The van der Waals surface area contributed by atoms with Crippen molar-refractivity contribution in [3.8, 4) is 11.5 Å². The number of nitrogens with one attached hydrogen (secondary N) is 1. The summed E-state index contributed by atoms with van der Waals surface area (Å²) in [4.78, 5) is 32.0. The lowest BCUT2D eigenvalue weighted by molar-refractivity contribution is -0.115. The van der Waals surface area contributed by atoms with Crippen molar-refractivity contribution >= 4 is 17.5 Å². The molecule has 2 aliphatic rings. The quantitative estimate of drug-likeness (QED) is 0.864. The highest BCUT2D eigenvalue weighted by Gasteiger charge is 2.43. The van der Waals surface area contributed by atoms with Gasteiger partial charge in [-0.15, -0.1) is 0 Å². The van der Waals surface area contributed by atoms with Gasteiger partial charge in [0.05, 0.1) is 14.2 Å². The summed E-state index contributed by atoms with van der Waals surface area (Å²) in [5.41, 5.74) is 1.15. The van der Waals surface area contributed by atoms with Gasteiger partial charge in [-0.2, -0.15) is 0 Å². The van der Waals surface area contributed by atoms with E-state index in [0.717, 1.165) is 5.56 Å². The molecule has 4 rings (SSSR count). The Morgan fingerprint density at radius 3 is 2.24 bits per heavy atom. The summed E-state index contributed by atoms with van der Waals surface area (Å²) in [6, 6.07) is 14.6. The molecule has 2 aromatic carbocycles. The second kappa shape index (κ2) is 7.58. The van der Waals surface area contributed by atoms with Crippen molar-refractivity contribution in [3.05, 3.63) is 59.7 Å². The number of methoxy groups -OCH3 is 2. The van der Waals surface area contributed by atoms with Crippen molar-refractivity contribution in [2.75, 3.05) is 27.3 Å². The molecular formula is C22H23N3O4. The number of carbonyl (C=O) groups excluding carboxylic acids is 2. The van der Waals surface area contributed by atoms with Crippen molar-refractivity contribution < 1.29 is 19.1 Å². The maximum atomic E-state index is 13.0. The number of rotatable bonds is 4. The summed E-state index contributed by atoms with van der Waals surface area (Å²) >= 11 is 0. The normalized spacial score (nSPS) is 17.7. The average Bonchev–Trinajstić information content (AvgIpc) is 3.09. The third-order valence-electron chi connectivity index (χ3n) is 5.41. The highest BCUT2D eigenvalue weighted by atomic mass is 16.5. The number of likely N-dealkylation sites (tertiary alicyclic amines) is 1. The maximum absolute atomic E-state index is 13.0. The fourth-order valence-corrected chi connectivity index (χ4v) is 3.78. The zero-order valence-corrected chi connectivity index (χ0v) is 16.5. The van der Waals surface area contributed by atoms with E-state index >= 15 is 0 Å². The molecule has 7 heteroatoms. The summed E-state index contributed by atoms with van der Waals surface area (Å²) in [6.45, 7) is 1.01. The Bertz CT molecular complexity index is 941. The van der Waals surface area contributed by atoms with Crippen molar-refractivity contribution in [1.82, 2.24) is 10.2 Å². The van der Waals surface area contributed by atoms with Crippen molar-refractivity contribution in [2.45, 2.75) is 18.5 Å². The van der Waals surface area contributed by atoms with Crippen LogP contribution < -0.4 is 14.8 Å². The monoisotopic (exact) mass is 393 g/mol. The van der Waals surface area contributed by atoms with Crippen LogP contribution in [0.3, 0.4) is 0 Å². The Morgan fingerprint density at radius 1 is 1.03 bits per heavy atom. The number of hydrogen-bond acceptors (Lipinski definition) is 5. The molecule has 0 aromatic heterocycles. The van der Waals surface area contributed by atoms with E-state index in [1.165, 1.54) is 0 Å². The average molecular weight is 393 g/mol. The van der Waals surface area contributed by atoms with Crippen LogP contribution in [0.1, 0.15) is 28.8 Å². The van der Waals surface area contributed by atoms with Gasteiger partial charge in [0.25, 0.3) is 11.8 Å². The Kier molecular flexibility index (Phi) is 4.96. The van der Waals surface area contributed by atoms with Gasteiger partial charge in [-0.1, -0.05) is 30.3 Å². The van der Waals surface area contributed by atoms with Gasteiger partial charge in [0, 0.05) is 43.1 Å². The van der Waals surface area contributed by atoms with Crippen LogP contribution in [0.15, 0.2) is 53.5 Å². The van der Waals surface area contributed by atoms with Gasteiger partial charge in [0.15, 0.2) is 0 Å². The lowest BCUT2D eigenvalue weighted by Crippen LogP contribution is -2.52. The van der Waals surface area contributed by atoms with E-state index in [1.54, 1.807) is 37.3 Å².